The predicted octanol–water partition coefficient (Wildman–Crippen LogP) is 5.15. The van der Waals surface area contributed by atoms with Crippen molar-refractivity contribution in [3.8, 4) is 11.1 Å². The number of aryl methyl sites for hydroxylation is 3. The van der Waals surface area contributed by atoms with Gasteiger partial charge in [0.2, 0.25) is 10.5 Å². The van der Waals surface area contributed by atoms with E-state index in [1.807, 2.05) is 23.5 Å². The van der Waals surface area contributed by atoms with E-state index >= 15 is 0 Å². The number of halogens is 1. The lowest BCUT2D eigenvalue weighted by molar-refractivity contribution is -0.669. The summed E-state index contributed by atoms with van der Waals surface area (Å²) in [6.45, 7) is 7.51. The molecule has 3 rings (SSSR count). The molecule has 0 fully saturated rings. The van der Waals surface area contributed by atoms with Crippen molar-refractivity contribution in [1.29, 1.82) is 0 Å². The summed E-state index contributed by atoms with van der Waals surface area (Å²) in [7, 11) is 0. The van der Waals surface area contributed by atoms with Gasteiger partial charge in [-0.1, -0.05) is 47.2 Å². The molecule has 0 saturated carbocycles. The highest BCUT2D eigenvalue weighted by molar-refractivity contribution is 7.18. The SMILES string of the molecule is CC[n+]1c(C)sc2ccc(C)c(-c3ccccc3Cl)c21. The van der Waals surface area contributed by atoms with Crippen LogP contribution in [0.5, 0.6) is 0 Å². The summed E-state index contributed by atoms with van der Waals surface area (Å²) in [6.07, 6.45) is 0. The number of rotatable bonds is 2. The second-order valence-corrected chi connectivity index (χ2v) is 6.59. The molecule has 20 heavy (non-hydrogen) atoms. The van der Waals surface area contributed by atoms with E-state index in [0.717, 1.165) is 17.1 Å². The number of benzene rings is 2. The summed E-state index contributed by atoms with van der Waals surface area (Å²) < 4.78 is 3.70. The molecule has 0 N–H and O–H groups in total. The standard InChI is InChI=1S/C17H17ClNS/c1-4-19-12(3)20-15-10-9-11(2)16(17(15)19)13-7-5-6-8-14(13)18/h5-10H,4H2,1-3H3/q+1. The Morgan fingerprint density at radius 3 is 2.55 bits per heavy atom. The maximum Gasteiger partial charge on any atom is 0.235 e. The summed E-state index contributed by atoms with van der Waals surface area (Å²) in [6, 6.07) is 12.5. The molecule has 2 aromatic carbocycles. The quantitative estimate of drug-likeness (QED) is 0.577. The number of fused-ring (bicyclic) bond motifs is 1. The molecule has 0 bridgehead atoms. The summed E-state index contributed by atoms with van der Waals surface area (Å²) >= 11 is 8.27. The van der Waals surface area contributed by atoms with Gasteiger partial charge in [-0.15, -0.1) is 0 Å². The molecular weight excluding hydrogens is 286 g/mol. The van der Waals surface area contributed by atoms with E-state index in [-0.39, 0.29) is 0 Å². The Balaban J connectivity index is 2.46. The highest BCUT2D eigenvalue weighted by Crippen LogP contribution is 2.36. The maximum atomic E-state index is 6.43. The smallest absolute Gasteiger partial charge is 0.186 e. The summed E-state index contributed by atoms with van der Waals surface area (Å²) in [5, 5.41) is 2.15. The van der Waals surface area contributed by atoms with E-state index in [1.165, 1.54) is 26.4 Å². The molecule has 3 aromatic rings. The van der Waals surface area contributed by atoms with Gasteiger partial charge < -0.3 is 0 Å². The highest BCUT2D eigenvalue weighted by Gasteiger charge is 2.22. The van der Waals surface area contributed by atoms with Gasteiger partial charge in [-0.05, 0) is 31.5 Å². The zero-order chi connectivity index (χ0) is 14.3. The van der Waals surface area contributed by atoms with Crippen molar-refractivity contribution >= 4 is 33.2 Å². The third kappa shape index (κ3) is 2.04. The van der Waals surface area contributed by atoms with Gasteiger partial charge in [-0.2, -0.15) is 4.57 Å². The number of hydrogen-bond donors (Lipinski definition) is 0. The molecule has 1 aromatic heterocycles. The van der Waals surface area contributed by atoms with Crippen LogP contribution < -0.4 is 4.57 Å². The van der Waals surface area contributed by atoms with Crippen LogP contribution in [-0.4, -0.2) is 0 Å². The zero-order valence-corrected chi connectivity index (χ0v) is 13.5. The molecule has 0 radical (unpaired) electrons. The highest BCUT2D eigenvalue weighted by atomic mass is 35.5. The van der Waals surface area contributed by atoms with Crippen LogP contribution in [0.2, 0.25) is 5.02 Å². The van der Waals surface area contributed by atoms with Gasteiger partial charge in [-0.3, -0.25) is 0 Å². The van der Waals surface area contributed by atoms with Crippen molar-refractivity contribution in [1.82, 2.24) is 0 Å². The lowest BCUT2D eigenvalue weighted by Crippen LogP contribution is -2.33. The molecule has 0 aliphatic heterocycles. The van der Waals surface area contributed by atoms with Crippen LogP contribution in [0.15, 0.2) is 36.4 Å². The molecule has 1 nitrogen and oxygen atoms in total. The molecule has 0 unspecified atom stereocenters. The van der Waals surface area contributed by atoms with Crippen molar-refractivity contribution < 1.29 is 4.57 Å². The van der Waals surface area contributed by atoms with Crippen molar-refractivity contribution in [2.75, 3.05) is 0 Å². The fourth-order valence-electron chi connectivity index (χ4n) is 2.78. The van der Waals surface area contributed by atoms with Crippen molar-refractivity contribution in [2.24, 2.45) is 0 Å². The Labute approximate surface area is 128 Å². The van der Waals surface area contributed by atoms with Gasteiger partial charge in [0.15, 0.2) is 0 Å². The minimum atomic E-state index is 0.814. The molecule has 0 aliphatic rings. The van der Waals surface area contributed by atoms with Gasteiger partial charge in [0.1, 0.15) is 11.2 Å². The lowest BCUT2D eigenvalue weighted by atomic mass is 9.99. The molecule has 0 saturated heterocycles. The Morgan fingerprint density at radius 2 is 1.85 bits per heavy atom. The summed E-state index contributed by atoms with van der Waals surface area (Å²) in [4.78, 5) is 0. The van der Waals surface area contributed by atoms with Crippen LogP contribution >= 0.6 is 22.9 Å². The predicted molar refractivity (Wildman–Crippen MR) is 87.6 cm³/mol. The molecule has 0 aliphatic carbocycles. The zero-order valence-electron chi connectivity index (χ0n) is 11.9. The third-order valence-electron chi connectivity index (χ3n) is 3.72. The molecule has 0 amide bonds. The third-order valence-corrected chi connectivity index (χ3v) is 5.11. The van der Waals surface area contributed by atoms with Crippen LogP contribution in [0, 0.1) is 13.8 Å². The maximum absolute atomic E-state index is 6.43. The van der Waals surface area contributed by atoms with Gasteiger partial charge >= 0.3 is 0 Å². The average Bonchev–Trinajstić information content (AvgIpc) is 2.75. The molecule has 1 heterocycles. The molecule has 3 heteroatoms. The van der Waals surface area contributed by atoms with E-state index in [9.17, 15) is 0 Å². The monoisotopic (exact) mass is 302 g/mol. The second-order valence-electron chi connectivity index (χ2n) is 4.95. The van der Waals surface area contributed by atoms with Gasteiger partial charge in [0.05, 0.1) is 5.56 Å². The van der Waals surface area contributed by atoms with E-state index in [4.69, 9.17) is 11.6 Å². The first-order valence-corrected chi connectivity index (χ1v) is 8.00. The van der Waals surface area contributed by atoms with Crippen molar-refractivity contribution in [2.45, 2.75) is 27.3 Å². The molecule has 0 spiro atoms. The number of thiazole rings is 1. The normalized spacial score (nSPS) is 11.2. The average molecular weight is 303 g/mol. The van der Waals surface area contributed by atoms with E-state index in [1.54, 1.807) is 0 Å². The Bertz CT molecular complexity index is 789. The number of aromatic nitrogens is 1. The molecule has 102 valence electrons. The van der Waals surface area contributed by atoms with E-state index in [2.05, 4.69) is 49.6 Å². The first kappa shape index (κ1) is 13.6. The Hall–Kier alpha value is -1.38. The Morgan fingerprint density at radius 1 is 1.10 bits per heavy atom. The number of nitrogens with zero attached hydrogens (tertiary/aromatic N) is 1. The first-order valence-electron chi connectivity index (χ1n) is 6.81. The van der Waals surface area contributed by atoms with E-state index < -0.39 is 0 Å². The van der Waals surface area contributed by atoms with Crippen molar-refractivity contribution in [3.63, 3.8) is 0 Å². The van der Waals surface area contributed by atoms with E-state index in [0.29, 0.717) is 0 Å². The fourth-order valence-corrected chi connectivity index (χ4v) is 4.10. The lowest BCUT2D eigenvalue weighted by Gasteiger charge is -2.08. The first-order chi connectivity index (χ1) is 9.63. The summed E-state index contributed by atoms with van der Waals surface area (Å²) in [5.41, 5.74) is 4.96. The second kappa shape index (κ2) is 5.19. The fraction of sp³-hybridized carbons (Fsp3) is 0.235. The van der Waals surface area contributed by atoms with Crippen molar-refractivity contribution in [3.05, 3.63) is 52.0 Å². The van der Waals surface area contributed by atoms with Crippen LogP contribution in [-0.2, 0) is 6.54 Å². The molecular formula is C17H17ClNS+. The minimum absolute atomic E-state index is 0.814. The van der Waals surface area contributed by atoms with Gasteiger partial charge in [-0.25, -0.2) is 0 Å². The Kier molecular flexibility index (Phi) is 3.53. The topological polar surface area (TPSA) is 3.88 Å². The summed E-state index contributed by atoms with van der Waals surface area (Å²) in [5.74, 6) is 0. The largest absolute Gasteiger partial charge is 0.235 e. The van der Waals surface area contributed by atoms with Crippen LogP contribution in [0.1, 0.15) is 17.5 Å². The van der Waals surface area contributed by atoms with Crippen LogP contribution in [0.25, 0.3) is 21.3 Å². The number of hydrogen-bond acceptors (Lipinski definition) is 1. The van der Waals surface area contributed by atoms with Gasteiger partial charge in [0.25, 0.3) is 0 Å². The van der Waals surface area contributed by atoms with Crippen LogP contribution in [0.3, 0.4) is 0 Å². The minimum Gasteiger partial charge on any atom is -0.186 e. The molecule has 0 atom stereocenters. The van der Waals surface area contributed by atoms with Gasteiger partial charge in [0, 0.05) is 17.5 Å². The van der Waals surface area contributed by atoms with Crippen LogP contribution in [0.4, 0.5) is 0 Å².